The standard InChI is InChI=1S/C16H25N3O/c1-18(2)13-15(12-14-8-4-3-5-9-14)17-16(20)19-10-6-7-11-19/h3-5,8-9,15H,6-7,10-13H2,1-2H3,(H,17,20). The molecule has 110 valence electrons. The molecule has 1 N–H and O–H groups in total. The molecule has 1 aliphatic rings. The smallest absolute Gasteiger partial charge is 0.317 e. The van der Waals surface area contributed by atoms with Crippen LogP contribution in [0.1, 0.15) is 18.4 Å². The Hall–Kier alpha value is -1.55. The van der Waals surface area contributed by atoms with E-state index in [2.05, 4.69) is 22.3 Å². The Morgan fingerprint density at radius 3 is 2.50 bits per heavy atom. The molecule has 0 spiro atoms. The summed E-state index contributed by atoms with van der Waals surface area (Å²) < 4.78 is 0. The van der Waals surface area contributed by atoms with Crippen molar-refractivity contribution in [1.29, 1.82) is 0 Å². The van der Waals surface area contributed by atoms with E-state index in [0.717, 1.165) is 38.9 Å². The van der Waals surface area contributed by atoms with Crippen molar-refractivity contribution in [2.24, 2.45) is 0 Å². The molecule has 0 radical (unpaired) electrons. The monoisotopic (exact) mass is 275 g/mol. The number of nitrogens with zero attached hydrogens (tertiary/aromatic N) is 2. The van der Waals surface area contributed by atoms with Gasteiger partial charge in [-0.05, 0) is 38.9 Å². The minimum Gasteiger partial charge on any atom is -0.334 e. The Kier molecular flexibility index (Phi) is 5.41. The van der Waals surface area contributed by atoms with E-state index in [1.165, 1.54) is 5.56 Å². The fraction of sp³-hybridized carbons (Fsp3) is 0.562. The number of urea groups is 1. The molecule has 1 unspecified atom stereocenters. The lowest BCUT2D eigenvalue weighted by molar-refractivity contribution is 0.201. The minimum absolute atomic E-state index is 0.0882. The van der Waals surface area contributed by atoms with Crippen molar-refractivity contribution < 1.29 is 4.79 Å². The molecule has 0 saturated carbocycles. The molecule has 2 amide bonds. The highest BCUT2D eigenvalue weighted by Gasteiger charge is 2.21. The van der Waals surface area contributed by atoms with E-state index in [1.807, 2.05) is 37.2 Å². The number of hydrogen-bond donors (Lipinski definition) is 1. The molecule has 1 aliphatic heterocycles. The second-order valence-electron chi connectivity index (χ2n) is 5.79. The van der Waals surface area contributed by atoms with Gasteiger partial charge in [0.15, 0.2) is 0 Å². The lowest BCUT2D eigenvalue weighted by Gasteiger charge is -2.25. The second kappa shape index (κ2) is 7.29. The summed E-state index contributed by atoms with van der Waals surface area (Å²) in [5.74, 6) is 0. The van der Waals surface area contributed by atoms with Crippen molar-refractivity contribution in [3.05, 3.63) is 35.9 Å². The fourth-order valence-electron chi connectivity index (χ4n) is 2.69. The number of rotatable bonds is 5. The predicted octanol–water partition coefficient (Wildman–Crippen LogP) is 1.96. The SMILES string of the molecule is CN(C)CC(Cc1ccccc1)NC(=O)N1CCCC1. The average Bonchev–Trinajstić information content (AvgIpc) is 2.93. The van der Waals surface area contributed by atoms with Gasteiger partial charge >= 0.3 is 6.03 Å². The third kappa shape index (κ3) is 4.53. The van der Waals surface area contributed by atoms with Gasteiger partial charge in [-0.2, -0.15) is 0 Å². The number of likely N-dealkylation sites (N-methyl/N-ethyl adjacent to an activating group) is 1. The molecule has 1 aromatic carbocycles. The van der Waals surface area contributed by atoms with Crippen LogP contribution in [0.25, 0.3) is 0 Å². The third-order valence-corrected chi connectivity index (χ3v) is 3.63. The zero-order valence-electron chi connectivity index (χ0n) is 12.5. The van der Waals surface area contributed by atoms with Crippen molar-refractivity contribution in [2.45, 2.75) is 25.3 Å². The van der Waals surface area contributed by atoms with Crippen molar-refractivity contribution in [3.8, 4) is 0 Å². The Morgan fingerprint density at radius 1 is 1.25 bits per heavy atom. The summed E-state index contributed by atoms with van der Waals surface area (Å²) in [5.41, 5.74) is 1.26. The van der Waals surface area contributed by atoms with Gasteiger partial charge in [-0.3, -0.25) is 0 Å². The molecule has 0 aliphatic carbocycles. The van der Waals surface area contributed by atoms with Gasteiger partial charge in [0.25, 0.3) is 0 Å². The highest BCUT2D eigenvalue weighted by atomic mass is 16.2. The Balaban J connectivity index is 1.94. The average molecular weight is 275 g/mol. The lowest BCUT2D eigenvalue weighted by Crippen LogP contribution is -2.48. The number of hydrogen-bond acceptors (Lipinski definition) is 2. The summed E-state index contributed by atoms with van der Waals surface area (Å²) in [6.45, 7) is 2.65. The molecule has 0 aromatic heterocycles. The summed E-state index contributed by atoms with van der Waals surface area (Å²) in [4.78, 5) is 16.3. The van der Waals surface area contributed by atoms with Crippen LogP contribution in [0.15, 0.2) is 30.3 Å². The number of carbonyl (C=O) groups is 1. The van der Waals surface area contributed by atoms with Gasteiger partial charge < -0.3 is 15.1 Å². The van der Waals surface area contributed by atoms with Crippen LogP contribution >= 0.6 is 0 Å². The van der Waals surface area contributed by atoms with Gasteiger partial charge in [0, 0.05) is 25.7 Å². The van der Waals surface area contributed by atoms with E-state index in [-0.39, 0.29) is 12.1 Å². The second-order valence-corrected chi connectivity index (χ2v) is 5.79. The molecular formula is C16H25N3O. The quantitative estimate of drug-likeness (QED) is 0.891. The van der Waals surface area contributed by atoms with Crippen LogP contribution in [0.2, 0.25) is 0 Å². The van der Waals surface area contributed by atoms with Crippen LogP contribution in [0.4, 0.5) is 4.79 Å². The van der Waals surface area contributed by atoms with Crippen LogP contribution in [-0.2, 0) is 6.42 Å². The van der Waals surface area contributed by atoms with Crippen LogP contribution < -0.4 is 5.32 Å². The van der Waals surface area contributed by atoms with Gasteiger partial charge in [-0.25, -0.2) is 4.79 Å². The molecule has 1 atom stereocenters. The normalized spacial score (nSPS) is 16.4. The third-order valence-electron chi connectivity index (χ3n) is 3.63. The van der Waals surface area contributed by atoms with Gasteiger partial charge in [0.05, 0.1) is 0 Å². The summed E-state index contributed by atoms with van der Waals surface area (Å²) in [7, 11) is 4.08. The number of amides is 2. The molecule has 1 saturated heterocycles. The topological polar surface area (TPSA) is 35.6 Å². The summed E-state index contributed by atoms with van der Waals surface area (Å²) in [5, 5.41) is 3.18. The van der Waals surface area contributed by atoms with Crippen LogP contribution in [0.3, 0.4) is 0 Å². The number of benzene rings is 1. The van der Waals surface area contributed by atoms with Crippen LogP contribution in [0, 0.1) is 0 Å². The molecule has 0 bridgehead atoms. The maximum atomic E-state index is 12.2. The van der Waals surface area contributed by atoms with E-state index in [0.29, 0.717) is 0 Å². The maximum Gasteiger partial charge on any atom is 0.317 e. The number of carbonyl (C=O) groups excluding carboxylic acids is 1. The molecule has 4 nitrogen and oxygen atoms in total. The van der Waals surface area contributed by atoms with E-state index in [9.17, 15) is 4.79 Å². The van der Waals surface area contributed by atoms with Crippen molar-refractivity contribution in [2.75, 3.05) is 33.7 Å². The van der Waals surface area contributed by atoms with Gasteiger partial charge in [-0.15, -0.1) is 0 Å². The summed E-state index contributed by atoms with van der Waals surface area (Å²) in [6, 6.07) is 10.6. The number of likely N-dealkylation sites (tertiary alicyclic amines) is 1. The predicted molar refractivity (Wildman–Crippen MR) is 81.8 cm³/mol. The molecule has 20 heavy (non-hydrogen) atoms. The number of nitrogens with one attached hydrogen (secondary N) is 1. The minimum atomic E-state index is 0.0882. The van der Waals surface area contributed by atoms with E-state index >= 15 is 0 Å². The van der Waals surface area contributed by atoms with Crippen molar-refractivity contribution >= 4 is 6.03 Å². The highest BCUT2D eigenvalue weighted by molar-refractivity contribution is 5.74. The lowest BCUT2D eigenvalue weighted by atomic mass is 10.1. The molecule has 4 heteroatoms. The largest absolute Gasteiger partial charge is 0.334 e. The first-order valence-corrected chi connectivity index (χ1v) is 7.39. The molecule has 1 aromatic rings. The van der Waals surface area contributed by atoms with Crippen molar-refractivity contribution in [1.82, 2.24) is 15.1 Å². The Morgan fingerprint density at radius 2 is 1.90 bits per heavy atom. The Bertz CT molecular complexity index is 413. The van der Waals surface area contributed by atoms with E-state index in [1.54, 1.807) is 0 Å². The summed E-state index contributed by atoms with van der Waals surface area (Å²) in [6.07, 6.45) is 3.13. The zero-order chi connectivity index (χ0) is 14.4. The highest BCUT2D eigenvalue weighted by Crippen LogP contribution is 2.09. The Labute approximate surface area is 121 Å². The first-order valence-electron chi connectivity index (χ1n) is 7.39. The van der Waals surface area contributed by atoms with E-state index in [4.69, 9.17) is 0 Å². The fourth-order valence-corrected chi connectivity index (χ4v) is 2.69. The van der Waals surface area contributed by atoms with Crippen LogP contribution in [-0.4, -0.2) is 55.6 Å². The summed E-state index contributed by atoms with van der Waals surface area (Å²) >= 11 is 0. The molecule has 2 rings (SSSR count). The van der Waals surface area contributed by atoms with Gasteiger partial charge in [0.1, 0.15) is 0 Å². The molecule has 1 heterocycles. The first kappa shape index (κ1) is 14.9. The van der Waals surface area contributed by atoms with Crippen molar-refractivity contribution in [3.63, 3.8) is 0 Å². The zero-order valence-corrected chi connectivity index (χ0v) is 12.5. The first-order chi connectivity index (χ1) is 9.65. The molecule has 1 fully saturated rings. The van der Waals surface area contributed by atoms with E-state index < -0.39 is 0 Å². The van der Waals surface area contributed by atoms with Crippen LogP contribution in [0.5, 0.6) is 0 Å². The van der Waals surface area contributed by atoms with Gasteiger partial charge in [0.2, 0.25) is 0 Å². The van der Waals surface area contributed by atoms with Gasteiger partial charge in [-0.1, -0.05) is 30.3 Å². The molecular weight excluding hydrogens is 250 g/mol. The maximum absolute atomic E-state index is 12.2.